The van der Waals surface area contributed by atoms with Crippen molar-refractivity contribution >= 4 is 23.8 Å². The molecule has 1 saturated heterocycles. The SMILES string of the molecule is C=C(C)C(=O)Oc1ccc(C(=O)ON2C(=O)C3C4C=CC(C4)C3C2=O)cc1. The lowest BCUT2D eigenvalue weighted by Gasteiger charge is -2.15. The van der Waals surface area contributed by atoms with E-state index in [-0.39, 0.29) is 28.7 Å². The molecule has 4 unspecified atom stereocenters. The first-order valence-corrected chi connectivity index (χ1v) is 8.63. The second kappa shape index (κ2) is 6.19. The third-order valence-electron chi connectivity index (χ3n) is 5.25. The van der Waals surface area contributed by atoms with Gasteiger partial charge in [0.05, 0.1) is 17.4 Å². The van der Waals surface area contributed by atoms with E-state index in [0.717, 1.165) is 6.42 Å². The largest absolute Gasteiger partial charge is 0.423 e. The average molecular weight is 367 g/mol. The summed E-state index contributed by atoms with van der Waals surface area (Å²) in [4.78, 5) is 53.9. The van der Waals surface area contributed by atoms with Gasteiger partial charge in [0.1, 0.15) is 5.75 Å². The number of hydroxylamine groups is 2. The summed E-state index contributed by atoms with van der Waals surface area (Å²) >= 11 is 0. The van der Waals surface area contributed by atoms with E-state index in [2.05, 4.69) is 6.58 Å². The lowest BCUT2D eigenvalue weighted by atomic mass is 9.85. The van der Waals surface area contributed by atoms with Crippen molar-refractivity contribution in [1.29, 1.82) is 0 Å². The van der Waals surface area contributed by atoms with Crippen LogP contribution in [-0.2, 0) is 19.2 Å². The van der Waals surface area contributed by atoms with Crippen LogP contribution in [0, 0.1) is 23.7 Å². The van der Waals surface area contributed by atoms with Gasteiger partial charge in [0.15, 0.2) is 0 Å². The maximum absolute atomic E-state index is 12.5. The molecule has 7 heteroatoms. The van der Waals surface area contributed by atoms with E-state index in [1.54, 1.807) is 0 Å². The van der Waals surface area contributed by atoms with E-state index in [1.165, 1.54) is 31.2 Å². The maximum atomic E-state index is 12.5. The highest BCUT2D eigenvalue weighted by Gasteiger charge is 2.60. The van der Waals surface area contributed by atoms with Gasteiger partial charge in [-0.1, -0.05) is 18.7 Å². The van der Waals surface area contributed by atoms with Crippen LogP contribution >= 0.6 is 0 Å². The molecular weight excluding hydrogens is 350 g/mol. The van der Waals surface area contributed by atoms with Crippen molar-refractivity contribution in [3.63, 3.8) is 0 Å². The molecule has 0 radical (unpaired) electrons. The van der Waals surface area contributed by atoms with Gasteiger partial charge in [-0.05, 0) is 49.4 Å². The number of hydrogen-bond acceptors (Lipinski definition) is 6. The predicted octanol–water partition coefficient (Wildman–Crippen LogP) is 2.05. The number of rotatable bonds is 4. The average Bonchev–Trinajstić information content (AvgIpc) is 3.32. The smallest absolute Gasteiger partial charge is 0.363 e. The van der Waals surface area contributed by atoms with Crippen LogP contribution in [0.15, 0.2) is 48.6 Å². The number of nitrogens with zero attached hydrogens (tertiary/aromatic N) is 1. The van der Waals surface area contributed by atoms with Gasteiger partial charge in [0.25, 0.3) is 11.8 Å². The van der Waals surface area contributed by atoms with Crippen molar-refractivity contribution in [3.8, 4) is 5.75 Å². The molecule has 3 aliphatic rings. The summed E-state index contributed by atoms with van der Waals surface area (Å²) in [6.07, 6.45) is 4.74. The fourth-order valence-corrected chi connectivity index (χ4v) is 3.95. The van der Waals surface area contributed by atoms with Gasteiger partial charge in [-0.2, -0.15) is 0 Å². The first-order valence-electron chi connectivity index (χ1n) is 8.63. The molecule has 1 aromatic rings. The van der Waals surface area contributed by atoms with Crippen LogP contribution in [0.25, 0.3) is 0 Å². The molecule has 2 fully saturated rings. The zero-order chi connectivity index (χ0) is 19.3. The zero-order valence-corrected chi connectivity index (χ0v) is 14.6. The van der Waals surface area contributed by atoms with E-state index < -0.39 is 35.6 Å². The summed E-state index contributed by atoms with van der Waals surface area (Å²) in [5, 5.41) is 0.610. The number of ether oxygens (including phenoxy) is 1. The Morgan fingerprint density at radius 2 is 1.59 bits per heavy atom. The normalized spacial score (nSPS) is 27.7. The fourth-order valence-electron chi connectivity index (χ4n) is 3.95. The van der Waals surface area contributed by atoms with Crippen LogP contribution in [0.1, 0.15) is 23.7 Å². The Labute approximate surface area is 155 Å². The van der Waals surface area contributed by atoms with Crippen LogP contribution in [-0.4, -0.2) is 28.8 Å². The standard InChI is InChI=1S/C20H17NO6/c1-10(2)19(24)26-14-7-5-11(6-8-14)20(25)27-21-17(22)15-12-3-4-13(9-12)16(15)18(21)23/h3-8,12-13,15-16H,1,9H2,2H3. The molecule has 1 aliphatic heterocycles. The molecule has 138 valence electrons. The predicted molar refractivity (Wildman–Crippen MR) is 91.9 cm³/mol. The molecule has 1 aromatic carbocycles. The minimum atomic E-state index is -0.824. The minimum Gasteiger partial charge on any atom is -0.423 e. The Bertz CT molecular complexity index is 870. The van der Waals surface area contributed by atoms with Gasteiger partial charge in [0, 0.05) is 5.57 Å². The van der Waals surface area contributed by atoms with Gasteiger partial charge >= 0.3 is 11.9 Å². The Balaban J connectivity index is 1.44. The van der Waals surface area contributed by atoms with Gasteiger partial charge in [-0.25, -0.2) is 9.59 Å². The minimum absolute atomic E-state index is 0.0439. The third-order valence-corrected chi connectivity index (χ3v) is 5.25. The summed E-state index contributed by atoms with van der Waals surface area (Å²) in [5.41, 5.74) is 0.377. The molecule has 2 bridgehead atoms. The fraction of sp³-hybridized carbons (Fsp3) is 0.300. The molecule has 0 N–H and O–H groups in total. The van der Waals surface area contributed by atoms with Gasteiger partial charge in [-0.3, -0.25) is 9.59 Å². The molecule has 7 nitrogen and oxygen atoms in total. The van der Waals surface area contributed by atoms with Crippen LogP contribution < -0.4 is 4.74 Å². The monoisotopic (exact) mass is 367 g/mol. The molecule has 2 amide bonds. The number of carbonyl (C=O) groups excluding carboxylic acids is 4. The molecule has 4 rings (SSSR count). The molecule has 2 aliphatic carbocycles. The van der Waals surface area contributed by atoms with Crippen molar-refractivity contribution < 1.29 is 28.8 Å². The van der Waals surface area contributed by atoms with E-state index in [0.29, 0.717) is 5.06 Å². The first kappa shape index (κ1) is 17.2. The van der Waals surface area contributed by atoms with Crippen molar-refractivity contribution in [3.05, 3.63) is 54.1 Å². The van der Waals surface area contributed by atoms with Gasteiger partial charge in [0.2, 0.25) is 0 Å². The zero-order valence-electron chi connectivity index (χ0n) is 14.6. The van der Waals surface area contributed by atoms with Gasteiger partial charge in [-0.15, -0.1) is 5.06 Å². The second-order valence-corrected chi connectivity index (χ2v) is 7.04. The van der Waals surface area contributed by atoms with Crippen LogP contribution in [0.2, 0.25) is 0 Å². The number of amides is 2. The summed E-state index contributed by atoms with van der Waals surface area (Å²) in [6, 6.07) is 5.62. The summed E-state index contributed by atoms with van der Waals surface area (Å²) in [6.45, 7) is 5.01. The highest BCUT2D eigenvalue weighted by atomic mass is 16.7. The number of hydrogen-bond donors (Lipinski definition) is 0. The van der Waals surface area contributed by atoms with E-state index in [1.807, 2.05) is 12.2 Å². The third kappa shape index (κ3) is 2.75. The molecule has 1 saturated carbocycles. The summed E-state index contributed by atoms with van der Waals surface area (Å²) in [7, 11) is 0. The van der Waals surface area contributed by atoms with Crippen molar-refractivity contribution in [2.45, 2.75) is 13.3 Å². The Kier molecular flexibility index (Phi) is 3.95. The summed E-state index contributed by atoms with van der Waals surface area (Å²) < 4.78 is 5.04. The van der Waals surface area contributed by atoms with E-state index in [9.17, 15) is 19.2 Å². The van der Waals surface area contributed by atoms with E-state index >= 15 is 0 Å². The van der Waals surface area contributed by atoms with Crippen LogP contribution in [0.4, 0.5) is 0 Å². The number of allylic oxidation sites excluding steroid dienone is 2. The highest BCUT2D eigenvalue weighted by molar-refractivity contribution is 6.06. The number of benzene rings is 1. The van der Waals surface area contributed by atoms with Crippen molar-refractivity contribution in [2.24, 2.45) is 23.7 Å². The second-order valence-electron chi connectivity index (χ2n) is 7.04. The quantitative estimate of drug-likeness (QED) is 0.266. The lowest BCUT2D eigenvalue weighted by Crippen LogP contribution is -2.35. The topological polar surface area (TPSA) is 90.0 Å². The molecule has 27 heavy (non-hydrogen) atoms. The van der Waals surface area contributed by atoms with Gasteiger partial charge < -0.3 is 9.57 Å². The lowest BCUT2D eigenvalue weighted by molar-refractivity contribution is -0.175. The number of imide groups is 1. The molecule has 4 atom stereocenters. The van der Waals surface area contributed by atoms with Crippen LogP contribution in [0.5, 0.6) is 5.75 Å². The highest BCUT2D eigenvalue weighted by Crippen LogP contribution is 2.52. The molecule has 0 spiro atoms. The molecule has 1 heterocycles. The number of carbonyl (C=O) groups is 4. The molecule has 0 aromatic heterocycles. The van der Waals surface area contributed by atoms with E-state index in [4.69, 9.17) is 9.57 Å². The number of esters is 1. The summed E-state index contributed by atoms with van der Waals surface area (Å²) in [5.74, 6) is -2.84. The Morgan fingerprint density at radius 1 is 1.04 bits per heavy atom. The number of fused-ring (bicyclic) bond motifs is 5. The van der Waals surface area contributed by atoms with Crippen LogP contribution in [0.3, 0.4) is 0 Å². The molecular formula is C20H17NO6. The van der Waals surface area contributed by atoms with Crippen molar-refractivity contribution in [1.82, 2.24) is 5.06 Å². The Hall–Kier alpha value is -3.22. The first-order chi connectivity index (χ1) is 12.9. The van der Waals surface area contributed by atoms with Crippen molar-refractivity contribution in [2.75, 3.05) is 0 Å². The Morgan fingerprint density at radius 3 is 2.11 bits per heavy atom. The maximum Gasteiger partial charge on any atom is 0.363 e.